The fourth-order valence-electron chi connectivity index (χ4n) is 3.60. The highest BCUT2D eigenvalue weighted by Crippen LogP contribution is 2.29. The van der Waals surface area contributed by atoms with E-state index in [-0.39, 0.29) is 0 Å². The second kappa shape index (κ2) is 5.51. The van der Waals surface area contributed by atoms with E-state index >= 15 is 0 Å². The second-order valence-corrected chi connectivity index (χ2v) is 6.42. The highest BCUT2D eigenvalue weighted by Gasteiger charge is 2.32. The van der Waals surface area contributed by atoms with Crippen LogP contribution in [0.25, 0.3) is 0 Å². The van der Waals surface area contributed by atoms with Crippen LogP contribution in [0.2, 0.25) is 0 Å². The van der Waals surface area contributed by atoms with Gasteiger partial charge < -0.3 is 0 Å². The Morgan fingerprint density at radius 1 is 1.24 bits per heavy atom. The van der Waals surface area contributed by atoms with Gasteiger partial charge in [0.05, 0.1) is 0 Å². The lowest BCUT2D eigenvalue weighted by molar-refractivity contribution is -0.125. The number of carbonyl (C=O) groups is 1. The SMILES string of the molecule is CC1CC(C)C(C)N(CC2CCCCC2=O)C1. The molecule has 2 fully saturated rings. The summed E-state index contributed by atoms with van der Waals surface area (Å²) < 4.78 is 0. The predicted molar refractivity (Wildman–Crippen MR) is 70.9 cm³/mol. The van der Waals surface area contributed by atoms with E-state index < -0.39 is 0 Å². The monoisotopic (exact) mass is 237 g/mol. The number of rotatable bonds is 2. The van der Waals surface area contributed by atoms with Gasteiger partial charge in [0, 0.05) is 31.5 Å². The third kappa shape index (κ3) is 3.09. The summed E-state index contributed by atoms with van der Waals surface area (Å²) in [7, 11) is 0. The van der Waals surface area contributed by atoms with Gasteiger partial charge in [-0.3, -0.25) is 9.69 Å². The third-order valence-electron chi connectivity index (χ3n) is 4.86. The average Bonchev–Trinajstić information content (AvgIpc) is 2.28. The van der Waals surface area contributed by atoms with Crippen LogP contribution in [0.5, 0.6) is 0 Å². The molecule has 0 amide bonds. The highest BCUT2D eigenvalue weighted by atomic mass is 16.1. The van der Waals surface area contributed by atoms with Crippen LogP contribution in [0.15, 0.2) is 0 Å². The Morgan fingerprint density at radius 3 is 2.71 bits per heavy atom. The maximum Gasteiger partial charge on any atom is 0.137 e. The Labute approximate surface area is 106 Å². The smallest absolute Gasteiger partial charge is 0.137 e. The molecule has 0 spiro atoms. The number of piperidine rings is 1. The van der Waals surface area contributed by atoms with Gasteiger partial charge in [-0.2, -0.15) is 0 Å². The van der Waals surface area contributed by atoms with Crippen LogP contribution >= 0.6 is 0 Å². The average molecular weight is 237 g/mol. The molecule has 1 saturated carbocycles. The number of hydrogen-bond acceptors (Lipinski definition) is 2. The van der Waals surface area contributed by atoms with E-state index in [1.807, 2.05) is 0 Å². The largest absolute Gasteiger partial charge is 0.299 e. The molecule has 0 aromatic carbocycles. The van der Waals surface area contributed by atoms with Gasteiger partial charge in [0.15, 0.2) is 0 Å². The van der Waals surface area contributed by atoms with Crippen LogP contribution in [0.4, 0.5) is 0 Å². The van der Waals surface area contributed by atoms with Crippen molar-refractivity contribution in [2.75, 3.05) is 13.1 Å². The van der Waals surface area contributed by atoms with Crippen molar-refractivity contribution in [2.24, 2.45) is 17.8 Å². The van der Waals surface area contributed by atoms with Gasteiger partial charge >= 0.3 is 0 Å². The second-order valence-electron chi connectivity index (χ2n) is 6.42. The minimum absolute atomic E-state index is 0.337. The lowest BCUT2D eigenvalue weighted by Gasteiger charge is -2.42. The van der Waals surface area contributed by atoms with Crippen molar-refractivity contribution in [2.45, 2.75) is 58.9 Å². The first-order chi connectivity index (χ1) is 8.08. The molecule has 4 unspecified atom stereocenters. The number of likely N-dealkylation sites (tertiary alicyclic amines) is 1. The highest BCUT2D eigenvalue weighted by molar-refractivity contribution is 5.81. The lowest BCUT2D eigenvalue weighted by Crippen LogP contribution is -2.48. The molecular weight excluding hydrogens is 210 g/mol. The van der Waals surface area contributed by atoms with E-state index in [4.69, 9.17) is 0 Å². The molecule has 98 valence electrons. The molecule has 2 heteroatoms. The normalized spacial score (nSPS) is 40.5. The molecular formula is C15H27NO. The first-order valence-corrected chi connectivity index (χ1v) is 7.34. The number of nitrogens with zero attached hydrogens (tertiary/aromatic N) is 1. The first-order valence-electron chi connectivity index (χ1n) is 7.34. The van der Waals surface area contributed by atoms with Gasteiger partial charge in [0.1, 0.15) is 5.78 Å². The topological polar surface area (TPSA) is 20.3 Å². The van der Waals surface area contributed by atoms with Crippen LogP contribution in [0.1, 0.15) is 52.9 Å². The van der Waals surface area contributed by atoms with Crippen molar-refractivity contribution < 1.29 is 4.79 Å². The number of Topliss-reactive ketones (excluding diaryl/α,β-unsaturated/α-hetero) is 1. The van der Waals surface area contributed by atoms with Gasteiger partial charge in [0.25, 0.3) is 0 Å². The summed E-state index contributed by atoms with van der Waals surface area (Å²) in [6.45, 7) is 9.25. The summed E-state index contributed by atoms with van der Waals surface area (Å²) in [6.07, 6.45) is 5.68. The molecule has 2 nitrogen and oxygen atoms in total. The van der Waals surface area contributed by atoms with Crippen molar-refractivity contribution in [1.82, 2.24) is 4.90 Å². The van der Waals surface area contributed by atoms with Gasteiger partial charge in [-0.1, -0.05) is 20.3 Å². The number of ketones is 1. The molecule has 17 heavy (non-hydrogen) atoms. The number of hydrogen-bond donors (Lipinski definition) is 0. The minimum atomic E-state index is 0.337. The molecule has 0 aromatic heterocycles. The van der Waals surface area contributed by atoms with E-state index in [0.29, 0.717) is 17.7 Å². The van der Waals surface area contributed by atoms with Crippen molar-refractivity contribution in [1.29, 1.82) is 0 Å². The Bertz CT molecular complexity index is 276. The minimum Gasteiger partial charge on any atom is -0.299 e. The summed E-state index contributed by atoms with van der Waals surface area (Å²) in [5.41, 5.74) is 0. The van der Waals surface area contributed by atoms with Gasteiger partial charge in [0.2, 0.25) is 0 Å². The standard InChI is InChI=1S/C15H27NO/c1-11-8-12(2)13(3)16(9-11)10-14-6-4-5-7-15(14)17/h11-14H,4-10H2,1-3H3. The van der Waals surface area contributed by atoms with Crippen molar-refractivity contribution >= 4 is 5.78 Å². The molecule has 0 N–H and O–H groups in total. The Balaban J connectivity index is 1.94. The fourth-order valence-corrected chi connectivity index (χ4v) is 3.60. The molecule has 2 aliphatic rings. The third-order valence-corrected chi connectivity index (χ3v) is 4.86. The molecule has 4 atom stereocenters. The number of carbonyl (C=O) groups excluding carboxylic acids is 1. The molecule has 1 aliphatic carbocycles. The lowest BCUT2D eigenvalue weighted by atomic mass is 9.83. The van der Waals surface area contributed by atoms with Crippen molar-refractivity contribution in [3.05, 3.63) is 0 Å². The van der Waals surface area contributed by atoms with E-state index in [0.717, 1.165) is 37.6 Å². The molecule has 0 aromatic rings. The van der Waals surface area contributed by atoms with Crippen LogP contribution in [-0.2, 0) is 4.79 Å². The zero-order valence-corrected chi connectivity index (χ0v) is 11.6. The molecule has 0 bridgehead atoms. The van der Waals surface area contributed by atoms with Gasteiger partial charge in [-0.25, -0.2) is 0 Å². The van der Waals surface area contributed by atoms with Gasteiger partial charge in [-0.15, -0.1) is 0 Å². The summed E-state index contributed by atoms with van der Waals surface area (Å²) in [5, 5.41) is 0. The maximum atomic E-state index is 11.9. The van der Waals surface area contributed by atoms with Crippen LogP contribution in [0, 0.1) is 17.8 Å². The summed E-state index contributed by atoms with van der Waals surface area (Å²) in [4.78, 5) is 14.5. The van der Waals surface area contributed by atoms with Crippen molar-refractivity contribution in [3.8, 4) is 0 Å². The van der Waals surface area contributed by atoms with E-state index in [9.17, 15) is 4.79 Å². The van der Waals surface area contributed by atoms with Crippen LogP contribution in [0.3, 0.4) is 0 Å². The predicted octanol–water partition coefficient (Wildman–Crippen LogP) is 3.11. The van der Waals surface area contributed by atoms with E-state index in [2.05, 4.69) is 25.7 Å². The van der Waals surface area contributed by atoms with Crippen molar-refractivity contribution in [3.63, 3.8) is 0 Å². The quantitative estimate of drug-likeness (QED) is 0.735. The van der Waals surface area contributed by atoms with Crippen LogP contribution in [-0.4, -0.2) is 29.8 Å². The van der Waals surface area contributed by atoms with Crippen LogP contribution < -0.4 is 0 Å². The first kappa shape index (κ1) is 13.1. The van der Waals surface area contributed by atoms with E-state index in [1.54, 1.807) is 0 Å². The van der Waals surface area contributed by atoms with E-state index in [1.165, 1.54) is 19.4 Å². The fraction of sp³-hybridized carbons (Fsp3) is 0.933. The molecule has 1 heterocycles. The molecule has 2 rings (SSSR count). The zero-order valence-electron chi connectivity index (χ0n) is 11.6. The molecule has 1 aliphatic heterocycles. The Hall–Kier alpha value is -0.370. The van der Waals surface area contributed by atoms with Gasteiger partial charge in [-0.05, 0) is 38.0 Å². The Morgan fingerprint density at radius 2 is 2.00 bits per heavy atom. The summed E-state index contributed by atoms with van der Waals surface area (Å²) >= 11 is 0. The summed E-state index contributed by atoms with van der Waals surface area (Å²) in [6, 6.07) is 0.654. The zero-order chi connectivity index (χ0) is 12.4. The maximum absolute atomic E-state index is 11.9. The summed E-state index contributed by atoms with van der Waals surface area (Å²) in [5.74, 6) is 2.43. The molecule has 1 saturated heterocycles. The molecule has 0 radical (unpaired) electrons. The Kier molecular flexibility index (Phi) is 4.24.